The molecule has 1 atom stereocenters. The lowest BCUT2D eigenvalue weighted by Gasteiger charge is -2.29. The molecule has 0 aliphatic carbocycles. The summed E-state index contributed by atoms with van der Waals surface area (Å²) in [7, 11) is 1.61. The SMILES string of the molecule is CCOC(=O)C(c1ccccc1)N(CCO)CCOC. The molecule has 1 N–H and O–H groups in total. The highest BCUT2D eigenvalue weighted by molar-refractivity contribution is 5.77. The van der Waals surface area contributed by atoms with Crippen molar-refractivity contribution in [3.05, 3.63) is 35.9 Å². The normalized spacial score (nSPS) is 12.4. The first-order chi connectivity index (χ1) is 9.74. The number of aliphatic hydroxyl groups excluding tert-OH is 1. The van der Waals surface area contributed by atoms with Gasteiger partial charge in [0.05, 0.1) is 19.8 Å². The predicted molar refractivity (Wildman–Crippen MR) is 76.4 cm³/mol. The summed E-state index contributed by atoms with van der Waals surface area (Å²) in [5.41, 5.74) is 0.857. The molecular weight excluding hydrogens is 258 g/mol. The van der Waals surface area contributed by atoms with Crippen molar-refractivity contribution in [2.45, 2.75) is 13.0 Å². The number of carbonyl (C=O) groups excluding carboxylic acids is 1. The maximum atomic E-state index is 12.2. The first-order valence-electron chi connectivity index (χ1n) is 6.80. The van der Waals surface area contributed by atoms with Gasteiger partial charge >= 0.3 is 5.97 Å². The van der Waals surface area contributed by atoms with Crippen molar-refractivity contribution in [2.24, 2.45) is 0 Å². The van der Waals surface area contributed by atoms with Gasteiger partial charge in [0.15, 0.2) is 0 Å². The highest BCUT2D eigenvalue weighted by atomic mass is 16.5. The Balaban J connectivity index is 2.97. The summed E-state index contributed by atoms with van der Waals surface area (Å²) >= 11 is 0. The molecule has 0 fully saturated rings. The number of rotatable bonds is 9. The third kappa shape index (κ3) is 4.92. The zero-order valence-corrected chi connectivity index (χ0v) is 12.1. The van der Waals surface area contributed by atoms with Crippen LogP contribution in [0.3, 0.4) is 0 Å². The summed E-state index contributed by atoms with van der Waals surface area (Å²) in [5, 5.41) is 9.21. The first kappa shape index (κ1) is 16.6. The summed E-state index contributed by atoms with van der Waals surface area (Å²) in [6, 6.07) is 8.93. The van der Waals surface area contributed by atoms with Gasteiger partial charge in [0, 0.05) is 20.2 Å². The minimum atomic E-state index is -0.515. The van der Waals surface area contributed by atoms with Crippen molar-refractivity contribution in [1.29, 1.82) is 0 Å². The van der Waals surface area contributed by atoms with Gasteiger partial charge in [-0.2, -0.15) is 0 Å². The largest absolute Gasteiger partial charge is 0.465 e. The molecule has 112 valence electrons. The molecule has 1 rings (SSSR count). The number of aliphatic hydroxyl groups is 1. The Kier molecular flexibility index (Phi) is 7.87. The molecule has 0 bridgehead atoms. The lowest BCUT2D eigenvalue weighted by molar-refractivity contribution is -0.150. The molecule has 5 nitrogen and oxygen atoms in total. The Labute approximate surface area is 120 Å². The van der Waals surface area contributed by atoms with Gasteiger partial charge in [-0.25, -0.2) is 4.79 Å². The second-order valence-electron chi connectivity index (χ2n) is 4.32. The van der Waals surface area contributed by atoms with Crippen LogP contribution in [0.1, 0.15) is 18.5 Å². The highest BCUT2D eigenvalue weighted by Crippen LogP contribution is 2.22. The zero-order chi connectivity index (χ0) is 14.8. The van der Waals surface area contributed by atoms with Crippen LogP contribution in [0.5, 0.6) is 0 Å². The van der Waals surface area contributed by atoms with E-state index in [0.717, 1.165) is 5.56 Å². The number of hydrogen-bond donors (Lipinski definition) is 1. The van der Waals surface area contributed by atoms with Crippen molar-refractivity contribution in [1.82, 2.24) is 4.90 Å². The Morgan fingerprint density at radius 3 is 2.55 bits per heavy atom. The van der Waals surface area contributed by atoms with Crippen molar-refractivity contribution in [3.63, 3.8) is 0 Å². The minimum absolute atomic E-state index is 0.0214. The van der Waals surface area contributed by atoms with Crippen LogP contribution in [0.25, 0.3) is 0 Å². The highest BCUT2D eigenvalue weighted by Gasteiger charge is 2.28. The molecule has 20 heavy (non-hydrogen) atoms. The van der Waals surface area contributed by atoms with E-state index >= 15 is 0 Å². The van der Waals surface area contributed by atoms with Crippen molar-refractivity contribution >= 4 is 5.97 Å². The van der Waals surface area contributed by atoms with E-state index in [2.05, 4.69) is 0 Å². The quantitative estimate of drug-likeness (QED) is 0.690. The molecule has 1 unspecified atom stereocenters. The maximum absolute atomic E-state index is 12.2. The summed E-state index contributed by atoms with van der Waals surface area (Å²) < 4.78 is 10.2. The smallest absolute Gasteiger partial charge is 0.328 e. The molecule has 0 aliphatic rings. The molecule has 0 aromatic heterocycles. The van der Waals surface area contributed by atoms with Crippen LogP contribution in [-0.2, 0) is 14.3 Å². The van der Waals surface area contributed by atoms with E-state index in [1.807, 2.05) is 35.2 Å². The molecule has 5 heteroatoms. The summed E-state index contributed by atoms with van der Waals surface area (Å²) in [6.45, 7) is 3.53. The van der Waals surface area contributed by atoms with Crippen molar-refractivity contribution < 1.29 is 19.4 Å². The van der Waals surface area contributed by atoms with Crippen LogP contribution in [0.2, 0.25) is 0 Å². The molecule has 0 aliphatic heterocycles. The second-order valence-corrected chi connectivity index (χ2v) is 4.32. The summed E-state index contributed by atoms with van der Waals surface area (Å²) in [5.74, 6) is -0.303. The lowest BCUT2D eigenvalue weighted by Crippen LogP contribution is -2.39. The van der Waals surface area contributed by atoms with Gasteiger partial charge in [-0.3, -0.25) is 4.90 Å². The maximum Gasteiger partial charge on any atom is 0.328 e. The molecule has 0 saturated carbocycles. The van der Waals surface area contributed by atoms with E-state index in [1.54, 1.807) is 14.0 Å². The van der Waals surface area contributed by atoms with E-state index in [-0.39, 0.29) is 12.6 Å². The molecular formula is C15H23NO4. The van der Waals surface area contributed by atoms with E-state index in [9.17, 15) is 9.90 Å². The number of carbonyl (C=O) groups is 1. The predicted octanol–water partition coefficient (Wildman–Crippen LogP) is 1.23. The number of benzene rings is 1. The number of ether oxygens (including phenoxy) is 2. The van der Waals surface area contributed by atoms with E-state index in [4.69, 9.17) is 9.47 Å². The molecule has 1 aromatic carbocycles. The van der Waals surface area contributed by atoms with Crippen LogP contribution in [0.15, 0.2) is 30.3 Å². The Morgan fingerprint density at radius 1 is 1.30 bits per heavy atom. The van der Waals surface area contributed by atoms with Gasteiger partial charge in [-0.15, -0.1) is 0 Å². The van der Waals surface area contributed by atoms with E-state index in [0.29, 0.717) is 26.3 Å². The number of methoxy groups -OCH3 is 1. The average molecular weight is 281 g/mol. The molecule has 0 radical (unpaired) electrons. The van der Waals surface area contributed by atoms with Crippen LogP contribution in [0.4, 0.5) is 0 Å². The zero-order valence-electron chi connectivity index (χ0n) is 12.1. The fourth-order valence-electron chi connectivity index (χ4n) is 2.06. The third-order valence-corrected chi connectivity index (χ3v) is 2.96. The van der Waals surface area contributed by atoms with Crippen molar-refractivity contribution in [3.8, 4) is 0 Å². The Bertz CT molecular complexity index is 383. The first-order valence-corrected chi connectivity index (χ1v) is 6.80. The van der Waals surface area contributed by atoms with Gasteiger partial charge in [0.25, 0.3) is 0 Å². The Hall–Kier alpha value is -1.43. The van der Waals surface area contributed by atoms with Crippen LogP contribution < -0.4 is 0 Å². The van der Waals surface area contributed by atoms with Crippen molar-refractivity contribution in [2.75, 3.05) is 40.0 Å². The topological polar surface area (TPSA) is 59.0 Å². The van der Waals surface area contributed by atoms with Crippen LogP contribution in [0, 0.1) is 0 Å². The number of esters is 1. The van der Waals surface area contributed by atoms with Gasteiger partial charge in [0.2, 0.25) is 0 Å². The van der Waals surface area contributed by atoms with Gasteiger partial charge in [-0.05, 0) is 12.5 Å². The Morgan fingerprint density at radius 2 is 2.00 bits per heavy atom. The average Bonchev–Trinajstić information content (AvgIpc) is 2.46. The van der Waals surface area contributed by atoms with Crippen LogP contribution >= 0.6 is 0 Å². The summed E-state index contributed by atoms with van der Waals surface area (Å²) in [4.78, 5) is 14.1. The molecule has 0 amide bonds. The van der Waals surface area contributed by atoms with Gasteiger partial charge < -0.3 is 14.6 Å². The third-order valence-electron chi connectivity index (χ3n) is 2.96. The molecule has 0 spiro atoms. The van der Waals surface area contributed by atoms with Gasteiger partial charge in [-0.1, -0.05) is 30.3 Å². The second kappa shape index (κ2) is 9.47. The minimum Gasteiger partial charge on any atom is -0.465 e. The monoisotopic (exact) mass is 281 g/mol. The van der Waals surface area contributed by atoms with Crippen LogP contribution in [-0.4, -0.2) is 56.0 Å². The molecule has 1 aromatic rings. The number of nitrogens with zero attached hydrogens (tertiary/aromatic N) is 1. The van der Waals surface area contributed by atoms with E-state index < -0.39 is 6.04 Å². The molecule has 0 saturated heterocycles. The fourth-order valence-corrected chi connectivity index (χ4v) is 2.06. The van der Waals surface area contributed by atoms with E-state index in [1.165, 1.54) is 0 Å². The standard InChI is InChI=1S/C15H23NO4/c1-3-20-15(18)14(13-7-5-4-6-8-13)16(9-11-17)10-12-19-2/h4-8,14,17H,3,9-12H2,1-2H3. The van der Waals surface area contributed by atoms with Gasteiger partial charge in [0.1, 0.15) is 6.04 Å². The molecule has 0 heterocycles. The number of hydrogen-bond acceptors (Lipinski definition) is 5. The fraction of sp³-hybridized carbons (Fsp3) is 0.533. The lowest BCUT2D eigenvalue weighted by atomic mass is 10.1. The summed E-state index contributed by atoms with van der Waals surface area (Å²) in [6.07, 6.45) is 0.